The molecule has 0 spiro atoms. The largest absolute Gasteiger partial charge is 0.383 e. The van der Waals surface area contributed by atoms with Crippen LogP contribution in [0.15, 0.2) is 23.6 Å². The smallest absolute Gasteiger partial charge is 0.139 e. The third kappa shape index (κ3) is 2.70. The Labute approximate surface area is 97.3 Å². The maximum atomic E-state index is 5.58. The average molecular weight is 239 g/mol. The van der Waals surface area contributed by atoms with E-state index in [0.29, 0.717) is 5.82 Å². The van der Waals surface area contributed by atoms with Gasteiger partial charge in [0, 0.05) is 24.5 Å². The van der Waals surface area contributed by atoms with Crippen molar-refractivity contribution in [2.75, 3.05) is 24.2 Å². The number of thiophene rings is 1. The van der Waals surface area contributed by atoms with Gasteiger partial charge in [-0.05, 0) is 29.4 Å². The van der Waals surface area contributed by atoms with E-state index >= 15 is 0 Å². The van der Waals surface area contributed by atoms with Crippen molar-refractivity contribution in [3.05, 3.63) is 28.5 Å². The van der Waals surface area contributed by atoms with Gasteiger partial charge in [-0.2, -0.15) is 4.37 Å². The summed E-state index contributed by atoms with van der Waals surface area (Å²) in [5, 5.41) is 3.24. The first-order chi connectivity index (χ1) is 7.25. The van der Waals surface area contributed by atoms with Crippen LogP contribution in [-0.4, -0.2) is 18.0 Å². The molecule has 0 bridgehead atoms. The molecule has 0 aromatic carbocycles. The highest BCUT2D eigenvalue weighted by Gasteiger charge is 2.05. The second-order valence-corrected chi connectivity index (χ2v) is 5.16. The summed E-state index contributed by atoms with van der Waals surface area (Å²) in [6.45, 7) is 1.00. The molecule has 0 aliphatic heterocycles. The fourth-order valence-electron chi connectivity index (χ4n) is 1.30. The molecule has 0 saturated carbocycles. The summed E-state index contributed by atoms with van der Waals surface area (Å²) in [5.41, 5.74) is 5.58. The van der Waals surface area contributed by atoms with Gasteiger partial charge < -0.3 is 10.6 Å². The van der Waals surface area contributed by atoms with E-state index in [1.165, 1.54) is 16.4 Å². The Bertz CT molecular complexity index is 408. The van der Waals surface area contributed by atoms with Gasteiger partial charge in [-0.25, -0.2) is 0 Å². The lowest BCUT2D eigenvalue weighted by molar-refractivity contribution is 0.896. The van der Waals surface area contributed by atoms with Gasteiger partial charge in [0.15, 0.2) is 0 Å². The van der Waals surface area contributed by atoms with Crippen LogP contribution < -0.4 is 10.6 Å². The van der Waals surface area contributed by atoms with E-state index in [1.807, 2.05) is 6.07 Å². The first-order valence-electron chi connectivity index (χ1n) is 4.71. The van der Waals surface area contributed by atoms with Gasteiger partial charge in [0.05, 0.1) is 0 Å². The number of hydrogen-bond donors (Lipinski definition) is 1. The lowest BCUT2D eigenvalue weighted by Gasteiger charge is -2.15. The van der Waals surface area contributed by atoms with Crippen LogP contribution in [0.5, 0.6) is 0 Å². The summed E-state index contributed by atoms with van der Waals surface area (Å²) in [5.74, 6) is 0.609. The zero-order valence-corrected chi connectivity index (χ0v) is 10.1. The first kappa shape index (κ1) is 10.4. The van der Waals surface area contributed by atoms with Crippen LogP contribution in [0.25, 0.3) is 0 Å². The van der Waals surface area contributed by atoms with Crippen LogP contribution in [0, 0.1) is 0 Å². The fraction of sp³-hybridized carbons (Fsp3) is 0.300. The van der Waals surface area contributed by atoms with E-state index in [1.54, 1.807) is 11.3 Å². The van der Waals surface area contributed by atoms with Gasteiger partial charge >= 0.3 is 0 Å². The van der Waals surface area contributed by atoms with E-state index in [9.17, 15) is 0 Å². The second-order valence-electron chi connectivity index (χ2n) is 3.34. The number of rotatable bonds is 4. The van der Waals surface area contributed by atoms with Crippen LogP contribution in [0.1, 0.15) is 4.88 Å². The Morgan fingerprint density at radius 2 is 2.40 bits per heavy atom. The minimum Gasteiger partial charge on any atom is -0.383 e. The molecule has 2 N–H and O–H groups in total. The third-order valence-corrected chi connectivity index (χ3v) is 4.02. The molecule has 0 aliphatic rings. The van der Waals surface area contributed by atoms with E-state index in [2.05, 4.69) is 33.8 Å². The molecule has 0 aliphatic carbocycles. The second kappa shape index (κ2) is 4.63. The molecule has 0 unspecified atom stereocenters. The molecule has 0 saturated heterocycles. The minimum absolute atomic E-state index is 0.609. The molecule has 0 radical (unpaired) electrons. The Hall–Kier alpha value is -1.07. The maximum Gasteiger partial charge on any atom is 0.139 e. The Balaban J connectivity index is 1.90. The topological polar surface area (TPSA) is 42.1 Å². The van der Waals surface area contributed by atoms with Gasteiger partial charge in [0.2, 0.25) is 0 Å². The highest BCUT2D eigenvalue weighted by Crippen LogP contribution is 2.22. The lowest BCUT2D eigenvalue weighted by Crippen LogP contribution is -2.18. The van der Waals surface area contributed by atoms with Crippen molar-refractivity contribution >= 4 is 33.7 Å². The summed E-state index contributed by atoms with van der Waals surface area (Å²) in [6, 6.07) is 6.17. The van der Waals surface area contributed by atoms with Crippen LogP contribution in [-0.2, 0) is 6.42 Å². The standard InChI is InChI=1S/C10H13N3S2/c1-13(10-7-9(11)12-15-10)5-4-8-3-2-6-14-8/h2-3,6-7H,4-5H2,1H3,(H2,11,12). The third-order valence-electron chi connectivity index (χ3n) is 2.17. The molecule has 2 rings (SSSR count). The van der Waals surface area contributed by atoms with Crippen molar-refractivity contribution in [3.8, 4) is 0 Å². The molecule has 2 aromatic rings. The number of aromatic nitrogens is 1. The van der Waals surface area contributed by atoms with Crippen molar-refractivity contribution in [1.29, 1.82) is 0 Å². The number of nitrogen functional groups attached to an aromatic ring is 1. The fourth-order valence-corrected chi connectivity index (χ4v) is 2.66. The van der Waals surface area contributed by atoms with Crippen molar-refractivity contribution in [3.63, 3.8) is 0 Å². The minimum atomic E-state index is 0.609. The van der Waals surface area contributed by atoms with Crippen LogP contribution in [0.4, 0.5) is 10.8 Å². The number of likely N-dealkylation sites (N-methyl/N-ethyl adjacent to an activating group) is 1. The van der Waals surface area contributed by atoms with Gasteiger partial charge in [0.25, 0.3) is 0 Å². The normalized spacial score (nSPS) is 10.5. The van der Waals surface area contributed by atoms with E-state index in [-0.39, 0.29) is 0 Å². The molecule has 0 amide bonds. The van der Waals surface area contributed by atoms with Crippen LogP contribution in [0.2, 0.25) is 0 Å². The molecular weight excluding hydrogens is 226 g/mol. The highest BCUT2D eigenvalue weighted by atomic mass is 32.1. The van der Waals surface area contributed by atoms with Crippen molar-refractivity contribution < 1.29 is 0 Å². The van der Waals surface area contributed by atoms with Crippen LogP contribution in [0.3, 0.4) is 0 Å². The molecule has 2 heterocycles. The summed E-state index contributed by atoms with van der Waals surface area (Å²) in [7, 11) is 2.07. The van der Waals surface area contributed by atoms with E-state index in [4.69, 9.17) is 5.73 Å². The number of nitrogens with zero attached hydrogens (tertiary/aromatic N) is 2. The SMILES string of the molecule is CN(CCc1cccs1)c1cc(N)ns1. The highest BCUT2D eigenvalue weighted by molar-refractivity contribution is 7.10. The molecule has 2 aromatic heterocycles. The molecule has 0 atom stereocenters. The average Bonchev–Trinajstić information content (AvgIpc) is 2.84. The zero-order chi connectivity index (χ0) is 10.7. The molecule has 80 valence electrons. The predicted molar refractivity (Wildman–Crippen MR) is 67.8 cm³/mol. The van der Waals surface area contributed by atoms with Gasteiger partial charge in [0.1, 0.15) is 10.8 Å². The molecular formula is C10H13N3S2. The summed E-state index contributed by atoms with van der Waals surface area (Å²) < 4.78 is 4.06. The van der Waals surface area contributed by atoms with Crippen LogP contribution >= 0.6 is 22.9 Å². The van der Waals surface area contributed by atoms with Crippen molar-refractivity contribution in [2.24, 2.45) is 0 Å². The monoisotopic (exact) mass is 239 g/mol. The molecule has 5 heteroatoms. The predicted octanol–water partition coefficient (Wildman–Crippen LogP) is 2.47. The Morgan fingerprint density at radius 3 is 3.00 bits per heavy atom. The van der Waals surface area contributed by atoms with Crippen molar-refractivity contribution in [2.45, 2.75) is 6.42 Å². The Kier molecular flexibility index (Phi) is 3.23. The summed E-state index contributed by atoms with van der Waals surface area (Å²) in [6.07, 6.45) is 1.08. The van der Waals surface area contributed by atoms with Crippen molar-refractivity contribution in [1.82, 2.24) is 4.37 Å². The molecule has 3 nitrogen and oxygen atoms in total. The maximum absolute atomic E-state index is 5.58. The lowest BCUT2D eigenvalue weighted by atomic mass is 10.3. The van der Waals surface area contributed by atoms with E-state index < -0.39 is 0 Å². The van der Waals surface area contributed by atoms with Gasteiger partial charge in [-0.3, -0.25) is 0 Å². The summed E-state index contributed by atoms with van der Waals surface area (Å²) in [4.78, 5) is 3.60. The molecule has 15 heavy (non-hydrogen) atoms. The van der Waals surface area contributed by atoms with Gasteiger partial charge in [-0.15, -0.1) is 11.3 Å². The van der Waals surface area contributed by atoms with Gasteiger partial charge in [-0.1, -0.05) is 6.07 Å². The number of nitrogens with two attached hydrogens (primary N) is 1. The zero-order valence-electron chi connectivity index (χ0n) is 8.51. The van der Waals surface area contributed by atoms with E-state index in [0.717, 1.165) is 18.0 Å². The quantitative estimate of drug-likeness (QED) is 0.891. The number of anilines is 2. The Morgan fingerprint density at radius 1 is 1.53 bits per heavy atom. The summed E-state index contributed by atoms with van der Waals surface area (Å²) >= 11 is 3.25. The molecule has 0 fully saturated rings. The number of hydrogen-bond acceptors (Lipinski definition) is 5. The first-order valence-corrected chi connectivity index (χ1v) is 6.37.